The van der Waals surface area contributed by atoms with Crippen LogP contribution in [0.25, 0.3) is 0 Å². The molecular formula is C16H14Cl3O4P. The highest BCUT2D eigenvalue weighted by Crippen LogP contribution is 2.63. The molecule has 0 N–H and O–H groups in total. The molecule has 0 bridgehead atoms. The number of rotatable bonds is 2. The van der Waals surface area contributed by atoms with Gasteiger partial charge in [-0.25, -0.2) is 4.57 Å². The predicted octanol–water partition coefficient (Wildman–Crippen LogP) is 6.31. The van der Waals surface area contributed by atoms with Crippen molar-refractivity contribution in [1.29, 1.82) is 0 Å². The standard InChI is InChI=1S/C16H14Cl3O4P/c1-10-5-3-7-12(9-10)21-24(20)22-14-11(2)6-4-8-13(14)15(23-24)16(17,18)19/h3-9,15H,1-2H3. The van der Waals surface area contributed by atoms with E-state index in [-0.39, 0.29) is 0 Å². The maximum atomic E-state index is 13.0. The van der Waals surface area contributed by atoms with Gasteiger partial charge in [0, 0.05) is 5.56 Å². The third-order valence-corrected chi connectivity index (χ3v) is 5.37. The molecule has 0 radical (unpaired) electrons. The van der Waals surface area contributed by atoms with E-state index in [2.05, 4.69) is 0 Å². The first-order chi connectivity index (χ1) is 11.2. The van der Waals surface area contributed by atoms with Crippen LogP contribution in [0.5, 0.6) is 11.5 Å². The molecule has 0 saturated carbocycles. The number of hydrogen-bond donors (Lipinski definition) is 0. The summed E-state index contributed by atoms with van der Waals surface area (Å²) in [4.78, 5) is 0. The van der Waals surface area contributed by atoms with Gasteiger partial charge in [-0.2, -0.15) is 0 Å². The molecule has 1 aliphatic rings. The smallest absolute Gasteiger partial charge is 0.395 e. The lowest BCUT2D eigenvalue weighted by Crippen LogP contribution is -2.26. The van der Waals surface area contributed by atoms with E-state index in [9.17, 15) is 4.57 Å². The van der Waals surface area contributed by atoms with Crippen molar-refractivity contribution >= 4 is 42.6 Å². The summed E-state index contributed by atoms with van der Waals surface area (Å²) >= 11 is 18.1. The van der Waals surface area contributed by atoms with Crippen molar-refractivity contribution in [1.82, 2.24) is 0 Å². The number of benzene rings is 2. The van der Waals surface area contributed by atoms with Crippen molar-refractivity contribution < 1.29 is 18.1 Å². The lowest BCUT2D eigenvalue weighted by molar-refractivity contribution is 0.125. The molecule has 1 heterocycles. The molecule has 0 spiro atoms. The molecule has 0 aliphatic carbocycles. The average Bonchev–Trinajstić information content (AvgIpc) is 2.46. The van der Waals surface area contributed by atoms with Crippen LogP contribution >= 0.6 is 42.6 Å². The molecule has 3 rings (SSSR count). The van der Waals surface area contributed by atoms with Gasteiger partial charge in [-0.05, 0) is 37.1 Å². The number of hydrogen-bond acceptors (Lipinski definition) is 4. The third-order valence-electron chi connectivity index (χ3n) is 3.47. The van der Waals surface area contributed by atoms with E-state index in [0.717, 1.165) is 11.1 Å². The van der Waals surface area contributed by atoms with Gasteiger partial charge in [-0.3, -0.25) is 4.52 Å². The van der Waals surface area contributed by atoms with Crippen molar-refractivity contribution in [2.45, 2.75) is 23.7 Å². The van der Waals surface area contributed by atoms with E-state index < -0.39 is 17.7 Å². The lowest BCUT2D eigenvalue weighted by atomic mass is 10.1. The van der Waals surface area contributed by atoms with Crippen molar-refractivity contribution in [3.05, 3.63) is 59.2 Å². The summed E-state index contributed by atoms with van der Waals surface area (Å²) < 4.78 is 27.7. The minimum Gasteiger partial charge on any atom is -0.395 e. The zero-order valence-corrected chi connectivity index (χ0v) is 16.0. The Morgan fingerprint density at radius 2 is 1.83 bits per heavy atom. The van der Waals surface area contributed by atoms with Crippen LogP contribution in [0.15, 0.2) is 42.5 Å². The quantitative estimate of drug-likeness (QED) is 0.432. The van der Waals surface area contributed by atoms with Crippen LogP contribution in [0.4, 0.5) is 0 Å². The van der Waals surface area contributed by atoms with Gasteiger partial charge < -0.3 is 9.05 Å². The van der Waals surface area contributed by atoms with Gasteiger partial charge in [0.15, 0.2) is 0 Å². The molecule has 1 aliphatic heterocycles. The van der Waals surface area contributed by atoms with Gasteiger partial charge in [0.25, 0.3) is 0 Å². The Bertz CT molecular complexity index is 819. The molecular weight excluding hydrogens is 394 g/mol. The Hall–Kier alpha value is -0.900. The molecule has 0 aromatic heterocycles. The zero-order valence-electron chi connectivity index (χ0n) is 12.8. The fourth-order valence-corrected chi connectivity index (χ4v) is 4.57. The molecule has 2 aromatic carbocycles. The molecule has 128 valence electrons. The third kappa shape index (κ3) is 3.68. The van der Waals surface area contributed by atoms with Crippen molar-refractivity contribution in [2.24, 2.45) is 0 Å². The van der Waals surface area contributed by atoms with Crippen LogP contribution < -0.4 is 9.05 Å². The maximum absolute atomic E-state index is 13.0. The fraction of sp³-hybridized carbons (Fsp3) is 0.250. The van der Waals surface area contributed by atoms with Crippen molar-refractivity contribution in [2.75, 3.05) is 0 Å². The van der Waals surface area contributed by atoms with E-state index >= 15 is 0 Å². The van der Waals surface area contributed by atoms with E-state index in [4.69, 9.17) is 48.4 Å². The van der Waals surface area contributed by atoms with Gasteiger partial charge in [0.05, 0.1) is 0 Å². The average molecular weight is 408 g/mol. The molecule has 2 aromatic rings. The van der Waals surface area contributed by atoms with Crippen LogP contribution in [-0.2, 0) is 9.09 Å². The number of phosphoric ester groups is 1. The van der Waals surface area contributed by atoms with Gasteiger partial charge in [0.2, 0.25) is 3.79 Å². The SMILES string of the molecule is Cc1cccc(OP2(=O)Oc3c(C)cccc3C(C(Cl)(Cl)Cl)O2)c1. The zero-order chi connectivity index (χ0) is 17.5. The summed E-state index contributed by atoms with van der Waals surface area (Å²) in [6.07, 6.45) is -1.08. The lowest BCUT2D eigenvalue weighted by Gasteiger charge is -2.34. The Balaban J connectivity index is 2.02. The molecule has 2 unspecified atom stereocenters. The summed E-state index contributed by atoms with van der Waals surface area (Å²) in [5.74, 6) is 0.689. The predicted molar refractivity (Wildman–Crippen MR) is 95.3 cm³/mol. The normalized spacial score (nSPS) is 23.3. The molecule has 0 saturated heterocycles. The molecule has 8 heteroatoms. The minimum absolute atomic E-state index is 0.344. The minimum atomic E-state index is -4.02. The number of para-hydroxylation sites is 1. The first-order valence-corrected chi connectivity index (χ1v) is 9.68. The van der Waals surface area contributed by atoms with Gasteiger partial charge in [-0.1, -0.05) is 65.1 Å². The number of halogens is 3. The van der Waals surface area contributed by atoms with Gasteiger partial charge in [0.1, 0.15) is 17.6 Å². The van der Waals surface area contributed by atoms with Crippen molar-refractivity contribution in [3.63, 3.8) is 0 Å². The van der Waals surface area contributed by atoms with Gasteiger partial charge in [-0.15, -0.1) is 0 Å². The van der Waals surface area contributed by atoms with Crippen LogP contribution in [0.2, 0.25) is 0 Å². The van der Waals surface area contributed by atoms with Crippen LogP contribution in [-0.4, -0.2) is 3.79 Å². The Morgan fingerprint density at radius 3 is 2.50 bits per heavy atom. The highest BCUT2D eigenvalue weighted by molar-refractivity contribution is 7.49. The Morgan fingerprint density at radius 1 is 1.12 bits per heavy atom. The maximum Gasteiger partial charge on any atom is 0.588 e. The van der Waals surface area contributed by atoms with Crippen LogP contribution in [0, 0.1) is 13.8 Å². The number of aryl methyl sites for hydroxylation is 2. The van der Waals surface area contributed by atoms with Crippen LogP contribution in [0.3, 0.4) is 0 Å². The summed E-state index contributed by atoms with van der Waals surface area (Å²) in [5.41, 5.74) is 2.18. The largest absolute Gasteiger partial charge is 0.588 e. The summed E-state index contributed by atoms with van der Waals surface area (Å²) in [6.45, 7) is 3.69. The number of fused-ring (bicyclic) bond motifs is 1. The van der Waals surface area contributed by atoms with E-state index in [1.165, 1.54) is 0 Å². The molecule has 0 fully saturated rings. The first kappa shape index (κ1) is 17.9. The molecule has 24 heavy (non-hydrogen) atoms. The summed E-state index contributed by atoms with van der Waals surface area (Å²) in [5, 5.41) is 0. The monoisotopic (exact) mass is 406 g/mol. The fourth-order valence-electron chi connectivity index (χ4n) is 2.40. The highest BCUT2D eigenvalue weighted by atomic mass is 35.6. The van der Waals surface area contributed by atoms with Crippen LogP contribution in [0.1, 0.15) is 22.8 Å². The Kier molecular flexibility index (Phi) is 4.80. The number of phosphoric acid groups is 1. The van der Waals surface area contributed by atoms with E-state index in [1.807, 2.05) is 13.0 Å². The van der Waals surface area contributed by atoms with Gasteiger partial charge >= 0.3 is 7.82 Å². The first-order valence-electron chi connectivity index (χ1n) is 7.08. The highest BCUT2D eigenvalue weighted by Gasteiger charge is 2.49. The summed E-state index contributed by atoms with van der Waals surface area (Å²) in [7, 11) is -4.02. The summed E-state index contributed by atoms with van der Waals surface area (Å²) in [6, 6.07) is 12.3. The second kappa shape index (κ2) is 6.44. The van der Waals surface area contributed by atoms with E-state index in [0.29, 0.717) is 17.1 Å². The van der Waals surface area contributed by atoms with E-state index in [1.54, 1.807) is 43.3 Å². The topological polar surface area (TPSA) is 44.8 Å². The molecule has 2 atom stereocenters. The molecule has 0 amide bonds. The van der Waals surface area contributed by atoms with Crippen molar-refractivity contribution in [3.8, 4) is 11.5 Å². The number of alkyl halides is 3. The Labute approximate surface area is 155 Å². The second-order valence-electron chi connectivity index (χ2n) is 5.47. The second-order valence-corrected chi connectivity index (χ2v) is 9.31. The molecule has 4 nitrogen and oxygen atoms in total.